The number of nitrogens with zero attached hydrogens (tertiary/aromatic N) is 1. The highest BCUT2D eigenvalue weighted by atomic mass is 16.3. The first-order valence-electron chi connectivity index (χ1n) is 5.90. The average Bonchev–Trinajstić information content (AvgIpc) is 2.28. The van der Waals surface area contributed by atoms with Gasteiger partial charge in [-0.3, -0.25) is 4.79 Å². The van der Waals surface area contributed by atoms with Crippen molar-refractivity contribution in [2.75, 3.05) is 6.54 Å². The van der Waals surface area contributed by atoms with Crippen molar-refractivity contribution in [3.8, 4) is 0 Å². The molecule has 0 aliphatic rings. The highest BCUT2D eigenvalue weighted by Crippen LogP contribution is 2.04. The van der Waals surface area contributed by atoms with E-state index in [-0.39, 0.29) is 17.9 Å². The van der Waals surface area contributed by atoms with Gasteiger partial charge in [0, 0.05) is 12.2 Å². The Balaban J connectivity index is 2.40. The lowest BCUT2D eigenvalue weighted by atomic mass is 10.0. The minimum Gasteiger partial charge on any atom is -0.393 e. The summed E-state index contributed by atoms with van der Waals surface area (Å²) < 4.78 is 0. The van der Waals surface area contributed by atoms with Gasteiger partial charge in [0.15, 0.2) is 0 Å². The third-order valence-corrected chi connectivity index (χ3v) is 2.62. The molecule has 1 aromatic rings. The second-order valence-corrected chi connectivity index (χ2v) is 4.52. The van der Waals surface area contributed by atoms with E-state index in [1.54, 1.807) is 12.1 Å². The molecule has 0 bridgehead atoms. The summed E-state index contributed by atoms with van der Waals surface area (Å²) in [5.41, 5.74) is 1.24. The Morgan fingerprint density at radius 1 is 1.47 bits per heavy atom. The molecule has 1 atom stereocenters. The van der Waals surface area contributed by atoms with E-state index in [2.05, 4.69) is 10.3 Å². The van der Waals surface area contributed by atoms with E-state index in [1.807, 2.05) is 26.8 Å². The number of amides is 1. The maximum atomic E-state index is 11.7. The molecule has 0 saturated carbocycles. The van der Waals surface area contributed by atoms with E-state index in [4.69, 9.17) is 0 Å². The van der Waals surface area contributed by atoms with Gasteiger partial charge in [0.2, 0.25) is 0 Å². The normalized spacial score (nSPS) is 12.5. The van der Waals surface area contributed by atoms with Crippen molar-refractivity contribution in [3.63, 3.8) is 0 Å². The number of aliphatic hydroxyl groups excluding tert-OH is 1. The van der Waals surface area contributed by atoms with Gasteiger partial charge in [-0.05, 0) is 31.4 Å². The fourth-order valence-electron chi connectivity index (χ4n) is 1.43. The molecule has 1 aromatic heterocycles. The summed E-state index contributed by atoms with van der Waals surface area (Å²) in [5.74, 6) is 0.0219. The monoisotopic (exact) mass is 236 g/mol. The summed E-state index contributed by atoms with van der Waals surface area (Å²) in [6.07, 6.45) is 0.190. The molecule has 0 radical (unpaired) electrons. The van der Waals surface area contributed by atoms with Crippen LogP contribution < -0.4 is 5.32 Å². The highest BCUT2D eigenvalue weighted by molar-refractivity contribution is 5.92. The smallest absolute Gasteiger partial charge is 0.269 e. The molecule has 0 aliphatic heterocycles. The third kappa shape index (κ3) is 4.53. The molecule has 0 aromatic carbocycles. The van der Waals surface area contributed by atoms with Crippen LogP contribution in [-0.4, -0.2) is 28.6 Å². The molecule has 0 aliphatic carbocycles. The molecule has 1 amide bonds. The predicted molar refractivity (Wildman–Crippen MR) is 66.8 cm³/mol. The maximum Gasteiger partial charge on any atom is 0.269 e. The van der Waals surface area contributed by atoms with Crippen molar-refractivity contribution in [1.29, 1.82) is 0 Å². The Hall–Kier alpha value is -1.42. The molecule has 1 heterocycles. The summed E-state index contributed by atoms with van der Waals surface area (Å²) in [7, 11) is 0. The zero-order valence-corrected chi connectivity index (χ0v) is 10.6. The van der Waals surface area contributed by atoms with Gasteiger partial charge >= 0.3 is 0 Å². The Kier molecular flexibility index (Phi) is 5.10. The second-order valence-electron chi connectivity index (χ2n) is 4.52. The number of hydrogen-bond acceptors (Lipinski definition) is 3. The van der Waals surface area contributed by atoms with E-state index < -0.39 is 0 Å². The van der Waals surface area contributed by atoms with Crippen molar-refractivity contribution >= 4 is 5.91 Å². The van der Waals surface area contributed by atoms with Gasteiger partial charge in [0.1, 0.15) is 5.69 Å². The van der Waals surface area contributed by atoms with Crippen molar-refractivity contribution in [2.24, 2.45) is 5.92 Å². The molecule has 0 spiro atoms. The molecule has 4 heteroatoms. The van der Waals surface area contributed by atoms with Gasteiger partial charge in [0.25, 0.3) is 5.91 Å². The standard InChI is InChI=1S/C13H20N2O2/c1-9(2)12(16)7-8-14-13(17)11-6-4-5-10(3)15-11/h4-6,9,12,16H,7-8H2,1-3H3,(H,14,17). The van der Waals surface area contributed by atoms with Crippen molar-refractivity contribution in [3.05, 3.63) is 29.6 Å². The number of carbonyl (C=O) groups is 1. The van der Waals surface area contributed by atoms with Crippen LogP contribution in [0.3, 0.4) is 0 Å². The lowest BCUT2D eigenvalue weighted by Crippen LogP contribution is -2.29. The van der Waals surface area contributed by atoms with Crippen molar-refractivity contribution in [1.82, 2.24) is 10.3 Å². The Morgan fingerprint density at radius 3 is 2.76 bits per heavy atom. The molecule has 0 saturated heterocycles. The third-order valence-electron chi connectivity index (χ3n) is 2.62. The molecule has 1 rings (SSSR count). The lowest BCUT2D eigenvalue weighted by Gasteiger charge is -2.14. The topological polar surface area (TPSA) is 62.2 Å². The number of carbonyl (C=O) groups excluding carboxylic acids is 1. The SMILES string of the molecule is Cc1cccc(C(=O)NCCC(O)C(C)C)n1. The fourth-order valence-corrected chi connectivity index (χ4v) is 1.43. The number of pyridine rings is 1. The number of rotatable bonds is 5. The number of aryl methyl sites for hydroxylation is 1. The summed E-state index contributed by atoms with van der Waals surface area (Å²) in [6, 6.07) is 5.33. The van der Waals surface area contributed by atoms with Crippen LogP contribution in [0, 0.1) is 12.8 Å². The molecular formula is C13H20N2O2. The first-order valence-corrected chi connectivity index (χ1v) is 5.90. The number of hydrogen-bond donors (Lipinski definition) is 2. The van der Waals surface area contributed by atoms with E-state index in [0.29, 0.717) is 18.7 Å². The predicted octanol–water partition coefficient (Wildman–Crippen LogP) is 1.53. The van der Waals surface area contributed by atoms with Crippen LogP contribution >= 0.6 is 0 Å². The van der Waals surface area contributed by atoms with Crippen LogP contribution in [0.25, 0.3) is 0 Å². The van der Waals surface area contributed by atoms with Crippen LogP contribution in [0.15, 0.2) is 18.2 Å². The minimum absolute atomic E-state index is 0.190. The molecule has 2 N–H and O–H groups in total. The minimum atomic E-state index is -0.374. The van der Waals surface area contributed by atoms with E-state index in [1.165, 1.54) is 0 Å². The number of nitrogens with one attached hydrogen (secondary N) is 1. The van der Waals surface area contributed by atoms with Crippen molar-refractivity contribution < 1.29 is 9.90 Å². The highest BCUT2D eigenvalue weighted by Gasteiger charge is 2.10. The van der Waals surface area contributed by atoms with Gasteiger partial charge in [-0.1, -0.05) is 19.9 Å². The van der Waals surface area contributed by atoms with E-state index in [0.717, 1.165) is 5.69 Å². The fraction of sp³-hybridized carbons (Fsp3) is 0.538. The van der Waals surface area contributed by atoms with Gasteiger partial charge in [0.05, 0.1) is 6.10 Å². The molecule has 1 unspecified atom stereocenters. The zero-order valence-electron chi connectivity index (χ0n) is 10.6. The molecule has 94 valence electrons. The van der Waals surface area contributed by atoms with E-state index >= 15 is 0 Å². The van der Waals surface area contributed by atoms with Crippen LogP contribution in [0.4, 0.5) is 0 Å². The molecular weight excluding hydrogens is 216 g/mol. The van der Waals surface area contributed by atoms with Gasteiger partial charge in [-0.2, -0.15) is 0 Å². The van der Waals surface area contributed by atoms with Gasteiger partial charge in [-0.15, -0.1) is 0 Å². The van der Waals surface area contributed by atoms with Crippen LogP contribution in [0.5, 0.6) is 0 Å². The Morgan fingerprint density at radius 2 is 2.18 bits per heavy atom. The number of aromatic nitrogens is 1. The summed E-state index contributed by atoms with van der Waals surface area (Å²) >= 11 is 0. The van der Waals surface area contributed by atoms with Crippen molar-refractivity contribution in [2.45, 2.75) is 33.3 Å². The average molecular weight is 236 g/mol. The zero-order chi connectivity index (χ0) is 12.8. The summed E-state index contributed by atoms with van der Waals surface area (Å²) in [6.45, 7) is 6.22. The first kappa shape index (κ1) is 13.6. The molecule has 17 heavy (non-hydrogen) atoms. The summed E-state index contributed by atoms with van der Waals surface area (Å²) in [5, 5.41) is 12.3. The lowest BCUT2D eigenvalue weighted by molar-refractivity contribution is 0.0915. The van der Waals surface area contributed by atoms with Crippen LogP contribution in [-0.2, 0) is 0 Å². The Bertz CT molecular complexity index is 377. The first-order chi connectivity index (χ1) is 8.00. The van der Waals surface area contributed by atoms with Gasteiger partial charge in [-0.25, -0.2) is 4.98 Å². The summed E-state index contributed by atoms with van der Waals surface area (Å²) in [4.78, 5) is 15.8. The number of aliphatic hydroxyl groups is 1. The van der Waals surface area contributed by atoms with Crippen LogP contribution in [0.2, 0.25) is 0 Å². The molecule has 4 nitrogen and oxygen atoms in total. The van der Waals surface area contributed by atoms with Crippen LogP contribution in [0.1, 0.15) is 36.5 Å². The quantitative estimate of drug-likeness (QED) is 0.815. The Labute approximate surface area is 102 Å². The van der Waals surface area contributed by atoms with E-state index in [9.17, 15) is 9.90 Å². The largest absolute Gasteiger partial charge is 0.393 e. The van der Waals surface area contributed by atoms with Gasteiger partial charge < -0.3 is 10.4 Å². The second kappa shape index (κ2) is 6.35. The molecule has 0 fully saturated rings. The maximum absolute atomic E-state index is 11.7.